The Bertz CT molecular complexity index is 340. The second kappa shape index (κ2) is 5.54. The van der Waals surface area contributed by atoms with Crippen LogP contribution in [0.4, 0.5) is 5.69 Å². The molecule has 2 heteroatoms. The van der Waals surface area contributed by atoms with Crippen molar-refractivity contribution in [3.8, 4) is 0 Å². The number of hydrogen-bond acceptors (Lipinski definition) is 2. The molecule has 0 heterocycles. The monoisotopic (exact) mass is 232 g/mol. The van der Waals surface area contributed by atoms with E-state index in [0.29, 0.717) is 6.04 Å². The fourth-order valence-corrected chi connectivity index (χ4v) is 2.27. The first-order valence-electron chi connectivity index (χ1n) is 6.80. The summed E-state index contributed by atoms with van der Waals surface area (Å²) in [6.07, 6.45) is 3.97. The van der Waals surface area contributed by atoms with Gasteiger partial charge in [0.15, 0.2) is 0 Å². The molecule has 2 rings (SSSR count). The van der Waals surface area contributed by atoms with Crippen LogP contribution >= 0.6 is 0 Å². The molecule has 94 valence electrons. The number of nitrogens with one attached hydrogen (secondary N) is 1. The van der Waals surface area contributed by atoms with E-state index in [0.717, 1.165) is 6.04 Å². The molecular weight excluding hydrogens is 208 g/mol. The van der Waals surface area contributed by atoms with Crippen LogP contribution in [0.5, 0.6) is 0 Å². The van der Waals surface area contributed by atoms with Crippen molar-refractivity contribution in [3.05, 3.63) is 29.8 Å². The van der Waals surface area contributed by atoms with E-state index in [2.05, 4.69) is 48.3 Å². The van der Waals surface area contributed by atoms with Gasteiger partial charge in [0.05, 0.1) is 0 Å². The van der Waals surface area contributed by atoms with Gasteiger partial charge in [-0.3, -0.25) is 0 Å². The largest absolute Gasteiger partial charge is 0.369 e. The average Bonchev–Trinajstić information content (AvgIpc) is 3.19. The third kappa shape index (κ3) is 3.01. The van der Waals surface area contributed by atoms with E-state index in [1.807, 2.05) is 7.05 Å². The fourth-order valence-electron chi connectivity index (χ4n) is 2.27. The van der Waals surface area contributed by atoms with Crippen molar-refractivity contribution in [1.82, 2.24) is 5.32 Å². The first-order chi connectivity index (χ1) is 8.26. The lowest BCUT2D eigenvalue weighted by molar-refractivity contribution is 0.652. The smallest absolute Gasteiger partial charge is 0.0368 e. The quantitative estimate of drug-likeness (QED) is 0.809. The number of rotatable bonds is 6. The van der Waals surface area contributed by atoms with Crippen LogP contribution in [0.15, 0.2) is 24.3 Å². The lowest BCUT2D eigenvalue weighted by Gasteiger charge is -2.24. The lowest BCUT2D eigenvalue weighted by atomic mass is 10.1. The minimum absolute atomic E-state index is 0.435. The highest BCUT2D eigenvalue weighted by atomic mass is 15.2. The van der Waals surface area contributed by atoms with Crippen LogP contribution in [0.2, 0.25) is 0 Å². The predicted molar refractivity (Wildman–Crippen MR) is 74.6 cm³/mol. The number of benzene rings is 1. The molecule has 1 fully saturated rings. The number of anilines is 1. The summed E-state index contributed by atoms with van der Waals surface area (Å²) in [4.78, 5) is 2.56. The summed E-state index contributed by atoms with van der Waals surface area (Å²) in [5.74, 6) is 0. The van der Waals surface area contributed by atoms with Crippen LogP contribution in [0.3, 0.4) is 0 Å². The Morgan fingerprint density at radius 1 is 1.29 bits per heavy atom. The molecule has 1 atom stereocenters. The maximum Gasteiger partial charge on any atom is 0.0368 e. The van der Waals surface area contributed by atoms with E-state index < -0.39 is 0 Å². The molecule has 0 aromatic heterocycles. The van der Waals surface area contributed by atoms with E-state index in [-0.39, 0.29) is 0 Å². The van der Waals surface area contributed by atoms with Gasteiger partial charge in [-0.2, -0.15) is 0 Å². The number of hydrogen-bond donors (Lipinski definition) is 1. The standard InChI is InChI=1S/C15H24N2/c1-4-11-17(15-9-10-15)14-7-5-13(6-8-14)12(2)16-3/h5-8,12,15-16H,4,9-11H2,1-3H3. The summed E-state index contributed by atoms with van der Waals surface area (Å²) in [5, 5.41) is 3.28. The van der Waals surface area contributed by atoms with Gasteiger partial charge in [-0.25, -0.2) is 0 Å². The molecule has 0 saturated heterocycles. The molecule has 1 aliphatic carbocycles. The van der Waals surface area contributed by atoms with Crippen LogP contribution < -0.4 is 10.2 Å². The van der Waals surface area contributed by atoms with Gasteiger partial charge in [-0.1, -0.05) is 19.1 Å². The van der Waals surface area contributed by atoms with E-state index in [1.54, 1.807) is 0 Å². The average molecular weight is 232 g/mol. The maximum atomic E-state index is 3.28. The number of nitrogens with zero attached hydrogens (tertiary/aromatic N) is 1. The Balaban J connectivity index is 2.09. The van der Waals surface area contributed by atoms with E-state index in [4.69, 9.17) is 0 Å². The first-order valence-corrected chi connectivity index (χ1v) is 6.80. The highest BCUT2D eigenvalue weighted by molar-refractivity contribution is 5.50. The zero-order valence-electron chi connectivity index (χ0n) is 11.2. The highest BCUT2D eigenvalue weighted by Crippen LogP contribution is 2.32. The Morgan fingerprint density at radius 2 is 1.94 bits per heavy atom. The van der Waals surface area contributed by atoms with Crippen molar-refractivity contribution >= 4 is 5.69 Å². The summed E-state index contributed by atoms with van der Waals surface area (Å²) < 4.78 is 0. The SMILES string of the molecule is CCCN(c1ccc(C(C)NC)cc1)C1CC1. The highest BCUT2D eigenvalue weighted by Gasteiger charge is 2.28. The van der Waals surface area contributed by atoms with Crippen LogP contribution in [0.25, 0.3) is 0 Å². The van der Waals surface area contributed by atoms with Gasteiger partial charge >= 0.3 is 0 Å². The molecule has 0 aliphatic heterocycles. The van der Waals surface area contributed by atoms with E-state index in [1.165, 1.54) is 37.1 Å². The van der Waals surface area contributed by atoms with Crippen LogP contribution in [0.1, 0.15) is 44.7 Å². The fraction of sp³-hybridized carbons (Fsp3) is 0.600. The maximum absolute atomic E-state index is 3.28. The van der Waals surface area contributed by atoms with Gasteiger partial charge in [-0.05, 0) is 50.9 Å². The first kappa shape index (κ1) is 12.4. The molecule has 2 nitrogen and oxygen atoms in total. The second-order valence-corrected chi connectivity index (χ2v) is 5.03. The molecule has 0 radical (unpaired) electrons. The Hall–Kier alpha value is -1.02. The molecule has 0 bridgehead atoms. The summed E-state index contributed by atoms with van der Waals surface area (Å²) >= 11 is 0. The molecular formula is C15H24N2. The molecule has 1 N–H and O–H groups in total. The van der Waals surface area contributed by atoms with Gasteiger partial charge in [0.25, 0.3) is 0 Å². The molecule has 1 saturated carbocycles. The van der Waals surface area contributed by atoms with Crippen LogP contribution in [0, 0.1) is 0 Å². The normalized spacial score (nSPS) is 16.9. The molecule has 0 spiro atoms. The van der Waals surface area contributed by atoms with Crippen molar-refractivity contribution in [2.75, 3.05) is 18.5 Å². The Morgan fingerprint density at radius 3 is 2.41 bits per heavy atom. The molecule has 1 aliphatic rings. The summed E-state index contributed by atoms with van der Waals surface area (Å²) in [7, 11) is 2.01. The third-order valence-electron chi connectivity index (χ3n) is 3.61. The van der Waals surface area contributed by atoms with E-state index in [9.17, 15) is 0 Å². The molecule has 17 heavy (non-hydrogen) atoms. The van der Waals surface area contributed by atoms with Crippen molar-refractivity contribution in [2.24, 2.45) is 0 Å². The molecule has 1 unspecified atom stereocenters. The summed E-state index contributed by atoms with van der Waals surface area (Å²) in [6, 6.07) is 10.3. The van der Waals surface area contributed by atoms with Gasteiger partial charge in [0, 0.05) is 24.3 Å². The second-order valence-electron chi connectivity index (χ2n) is 5.03. The van der Waals surface area contributed by atoms with Crippen molar-refractivity contribution in [1.29, 1.82) is 0 Å². The van der Waals surface area contributed by atoms with E-state index >= 15 is 0 Å². The van der Waals surface area contributed by atoms with Crippen LogP contribution in [-0.2, 0) is 0 Å². The predicted octanol–water partition coefficient (Wildman–Crippen LogP) is 3.35. The van der Waals surface area contributed by atoms with Crippen molar-refractivity contribution < 1.29 is 0 Å². The molecule has 1 aromatic rings. The minimum Gasteiger partial charge on any atom is -0.369 e. The zero-order chi connectivity index (χ0) is 12.3. The van der Waals surface area contributed by atoms with Gasteiger partial charge < -0.3 is 10.2 Å². The Kier molecular flexibility index (Phi) is 4.06. The van der Waals surface area contributed by atoms with Gasteiger partial charge in [0.1, 0.15) is 0 Å². The van der Waals surface area contributed by atoms with Gasteiger partial charge in [-0.15, -0.1) is 0 Å². The third-order valence-corrected chi connectivity index (χ3v) is 3.61. The molecule has 0 amide bonds. The summed E-state index contributed by atoms with van der Waals surface area (Å²) in [5.41, 5.74) is 2.75. The Labute approximate surface area is 105 Å². The van der Waals surface area contributed by atoms with Crippen molar-refractivity contribution in [3.63, 3.8) is 0 Å². The van der Waals surface area contributed by atoms with Crippen molar-refractivity contribution in [2.45, 2.75) is 45.2 Å². The summed E-state index contributed by atoms with van der Waals surface area (Å²) in [6.45, 7) is 5.64. The minimum atomic E-state index is 0.435. The lowest BCUT2D eigenvalue weighted by Crippen LogP contribution is -2.26. The van der Waals surface area contributed by atoms with Crippen LogP contribution in [-0.4, -0.2) is 19.6 Å². The zero-order valence-corrected chi connectivity index (χ0v) is 11.2. The van der Waals surface area contributed by atoms with Gasteiger partial charge in [0.2, 0.25) is 0 Å². The topological polar surface area (TPSA) is 15.3 Å². The molecule has 1 aromatic carbocycles.